The van der Waals surface area contributed by atoms with Crippen LogP contribution < -0.4 is 5.73 Å². The minimum Gasteiger partial charge on any atom is -0.330 e. The van der Waals surface area contributed by atoms with Gasteiger partial charge in [0.05, 0.1) is 0 Å². The molecular formula is C11H14ClN. The van der Waals surface area contributed by atoms with E-state index in [2.05, 4.69) is 12.1 Å². The Kier molecular flexibility index (Phi) is 2.56. The first-order valence-electron chi connectivity index (χ1n) is 4.79. The summed E-state index contributed by atoms with van der Waals surface area (Å²) in [5.41, 5.74) is 8.18. The number of rotatable bonds is 3. The molecule has 0 aliphatic heterocycles. The van der Waals surface area contributed by atoms with Gasteiger partial charge >= 0.3 is 0 Å². The average Bonchev–Trinajstić information content (AvgIpc) is 2.85. The second kappa shape index (κ2) is 3.69. The highest BCUT2D eigenvalue weighted by molar-refractivity contribution is 6.30. The van der Waals surface area contributed by atoms with Crippen molar-refractivity contribution in [1.82, 2.24) is 0 Å². The van der Waals surface area contributed by atoms with Crippen molar-refractivity contribution < 1.29 is 0 Å². The molecule has 2 heteroatoms. The maximum Gasteiger partial charge on any atom is 0.0411 e. The third-order valence-electron chi connectivity index (χ3n) is 2.46. The van der Waals surface area contributed by atoms with E-state index < -0.39 is 0 Å². The fourth-order valence-electron chi connectivity index (χ4n) is 1.64. The van der Waals surface area contributed by atoms with Crippen molar-refractivity contribution in [2.45, 2.75) is 25.2 Å². The van der Waals surface area contributed by atoms with Gasteiger partial charge in [0.1, 0.15) is 0 Å². The molecule has 0 saturated heterocycles. The number of hydrogen-bond donors (Lipinski definition) is 1. The Morgan fingerprint density at radius 1 is 1.31 bits per heavy atom. The maximum absolute atomic E-state index is 6.02. The second-order valence-corrected chi connectivity index (χ2v) is 4.14. The molecule has 1 aromatic carbocycles. The van der Waals surface area contributed by atoms with Gasteiger partial charge in [0.25, 0.3) is 0 Å². The Morgan fingerprint density at radius 3 is 2.69 bits per heavy atom. The Labute approximate surface area is 83.9 Å². The lowest BCUT2D eigenvalue weighted by molar-refractivity contribution is 0.961. The van der Waals surface area contributed by atoms with Crippen LogP contribution in [-0.2, 0) is 6.42 Å². The summed E-state index contributed by atoms with van der Waals surface area (Å²) in [5.74, 6) is 0.773. The summed E-state index contributed by atoms with van der Waals surface area (Å²) in [7, 11) is 0. The molecule has 0 spiro atoms. The highest BCUT2D eigenvalue weighted by Gasteiger charge is 2.23. The van der Waals surface area contributed by atoms with Crippen LogP contribution in [0.3, 0.4) is 0 Å². The summed E-state index contributed by atoms with van der Waals surface area (Å²) in [6, 6.07) is 6.34. The molecule has 0 unspecified atom stereocenters. The first kappa shape index (κ1) is 9.04. The topological polar surface area (TPSA) is 26.0 Å². The summed E-state index contributed by atoms with van der Waals surface area (Å²) < 4.78 is 0. The predicted molar refractivity (Wildman–Crippen MR) is 56.2 cm³/mol. The van der Waals surface area contributed by atoms with Crippen LogP contribution in [0.25, 0.3) is 0 Å². The third-order valence-corrected chi connectivity index (χ3v) is 2.68. The molecule has 13 heavy (non-hydrogen) atoms. The predicted octanol–water partition coefficient (Wildman–Crippen LogP) is 2.72. The summed E-state index contributed by atoms with van der Waals surface area (Å²) in [6.45, 7) is 0.699. The van der Waals surface area contributed by atoms with Gasteiger partial charge in [0.15, 0.2) is 0 Å². The molecule has 0 radical (unpaired) electrons. The number of hydrogen-bond acceptors (Lipinski definition) is 1. The van der Waals surface area contributed by atoms with Crippen molar-refractivity contribution in [2.75, 3.05) is 6.54 Å². The van der Waals surface area contributed by atoms with Gasteiger partial charge in [-0.3, -0.25) is 0 Å². The molecule has 0 aromatic heterocycles. The highest BCUT2D eigenvalue weighted by Crippen LogP contribution is 2.41. The van der Waals surface area contributed by atoms with E-state index in [4.69, 9.17) is 17.3 Å². The number of nitrogens with two attached hydrogens (primary N) is 1. The molecular weight excluding hydrogens is 182 g/mol. The van der Waals surface area contributed by atoms with E-state index in [1.807, 2.05) is 6.07 Å². The van der Waals surface area contributed by atoms with E-state index in [0.717, 1.165) is 17.4 Å². The van der Waals surface area contributed by atoms with Crippen molar-refractivity contribution in [3.8, 4) is 0 Å². The van der Waals surface area contributed by atoms with Crippen LogP contribution in [-0.4, -0.2) is 6.54 Å². The summed E-state index contributed by atoms with van der Waals surface area (Å²) in [4.78, 5) is 0. The first-order valence-corrected chi connectivity index (χ1v) is 5.17. The molecule has 2 rings (SSSR count). The molecule has 1 aromatic rings. The molecule has 0 amide bonds. The van der Waals surface area contributed by atoms with Gasteiger partial charge in [-0.25, -0.2) is 0 Å². The summed E-state index contributed by atoms with van der Waals surface area (Å²) in [6.07, 6.45) is 3.57. The van der Waals surface area contributed by atoms with Crippen LogP contribution in [0, 0.1) is 0 Å². The SMILES string of the molecule is NCCc1cc(Cl)cc(C2CC2)c1. The van der Waals surface area contributed by atoms with Crippen molar-refractivity contribution in [3.63, 3.8) is 0 Å². The standard InChI is InChI=1S/C11H14ClN/c12-11-6-8(3-4-13)5-10(7-11)9-1-2-9/h5-7,9H,1-4,13H2. The van der Waals surface area contributed by atoms with E-state index >= 15 is 0 Å². The van der Waals surface area contributed by atoms with Crippen molar-refractivity contribution in [1.29, 1.82) is 0 Å². The molecule has 2 N–H and O–H groups in total. The average molecular weight is 196 g/mol. The minimum absolute atomic E-state index is 0.699. The van der Waals surface area contributed by atoms with Crippen LogP contribution in [0.2, 0.25) is 5.02 Å². The Morgan fingerprint density at radius 2 is 2.08 bits per heavy atom. The lowest BCUT2D eigenvalue weighted by Gasteiger charge is -2.04. The quantitative estimate of drug-likeness (QED) is 0.789. The number of benzene rings is 1. The fourth-order valence-corrected chi connectivity index (χ4v) is 1.90. The van der Waals surface area contributed by atoms with E-state index in [0.29, 0.717) is 6.54 Å². The van der Waals surface area contributed by atoms with Gasteiger partial charge < -0.3 is 5.73 Å². The zero-order chi connectivity index (χ0) is 9.26. The molecule has 0 atom stereocenters. The maximum atomic E-state index is 6.02. The molecule has 70 valence electrons. The number of halogens is 1. The lowest BCUT2D eigenvalue weighted by atomic mass is 10.1. The van der Waals surface area contributed by atoms with Crippen molar-refractivity contribution in [3.05, 3.63) is 34.3 Å². The molecule has 0 heterocycles. The lowest BCUT2D eigenvalue weighted by Crippen LogP contribution is -2.02. The van der Waals surface area contributed by atoms with Gasteiger partial charge in [-0.1, -0.05) is 17.7 Å². The Hall–Kier alpha value is -0.530. The molecule has 1 nitrogen and oxygen atoms in total. The van der Waals surface area contributed by atoms with Crippen molar-refractivity contribution >= 4 is 11.6 Å². The van der Waals surface area contributed by atoms with E-state index in [-0.39, 0.29) is 0 Å². The zero-order valence-electron chi connectivity index (χ0n) is 7.59. The molecule has 1 fully saturated rings. The second-order valence-electron chi connectivity index (χ2n) is 3.71. The van der Waals surface area contributed by atoms with Crippen molar-refractivity contribution in [2.24, 2.45) is 5.73 Å². The summed E-state index contributed by atoms with van der Waals surface area (Å²) >= 11 is 6.02. The third kappa shape index (κ3) is 2.23. The van der Waals surface area contributed by atoms with Gasteiger partial charge in [-0.15, -0.1) is 0 Å². The van der Waals surface area contributed by atoms with Gasteiger partial charge in [-0.2, -0.15) is 0 Å². The van der Waals surface area contributed by atoms with Gasteiger partial charge in [0, 0.05) is 5.02 Å². The van der Waals surface area contributed by atoms with Crippen LogP contribution in [0.5, 0.6) is 0 Å². The monoisotopic (exact) mass is 195 g/mol. The zero-order valence-corrected chi connectivity index (χ0v) is 8.35. The normalized spacial score (nSPS) is 16.2. The van der Waals surface area contributed by atoms with Gasteiger partial charge in [-0.05, 0) is 55.0 Å². The molecule has 1 aliphatic rings. The van der Waals surface area contributed by atoms with E-state index in [9.17, 15) is 0 Å². The highest BCUT2D eigenvalue weighted by atomic mass is 35.5. The van der Waals surface area contributed by atoms with Crippen LogP contribution in [0.1, 0.15) is 29.9 Å². The van der Waals surface area contributed by atoms with E-state index in [1.54, 1.807) is 0 Å². The minimum atomic E-state index is 0.699. The largest absolute Gasteiger partial charge is 0.330 e. The summed E-state index contributed by atoms with van der Waals surface area (Å²) in [5, 5.41) is 0.854. The first-order chi connectivity index (χ1) is 6.29. The van der Waals surface area contributed by atoms with Crippen LogP contribution >= 0.6 is 11.6 Å². The fraction of sp³-hybridized carbons (Fsp3) is 0.455. The van der Waals surface area contributed by atoms with Gasteiger partial charge in [0.2, 0.25) is 0 Å². The molecule has 1 saturated carbocycles. The molecule has 1 aliphatic carbocycles. The smallest absolute Gasteiger partial charge is 0.0411 e. The van der Waals surface area contributed by atoms with E-state index in [1.165, 1.54) is 24.0 Å². The Bertz CT molecular complexity index is 305. The van der Waals surface area contributed by atoms with Crippen LogP contribution in [0.15, 0.2) is 18.2 Å². The van der Waals surface area contributed by atoms with Crippen LogP contribution in [0.4, 0.5) is 0 Å². The molecule has 0 bridgehead atoms. The Balaban J connectivity index is 2.25.